The summed E-state index contributed by atoms with van der Waals surface area (Å²) in [6.07, 6.45) is 3.30. The Hall–Kier alpha value is -0.820. The minimum Gasteiger partial charge on any atom is -0.327 e. The zero-order valence-corrected chi connectivity index (χ0v) is 9.51. The Bertz CT molecular complexity index is 291. The van der Waals surface area contributed by atoms with E-state index in [4.69, 9.17) is 5.73 Å². The molecule has 2 N–H and O–H groups in total. The van der Waals surface area contributed by atoms with Gasteiger partial charge in [-0.2, -0.15) is 0 Å². The van der Waals surface area contributed by atoms with Gasteiger partial charge >= 0.3 is 0 Å². The van der Waals surface area contributed by atoms with Crippen LogP contribution in [0.1, 0.15) is 36.5 Å². The standard InChI is InChI=1S/C13H21N/c1-4-5-13(14)9-12-7-6-10(2)8-11(12)3/h6-8,13H,4-5,9,14H2,1-3H3. The summed E-state index contributed by atoms with van der Waals surface area (Å²) in [5, 5.41) is 0. The lowest BCUT2D eigenvalue weighted by Crippen LogP contribution is -2.22. The molecule has 0 saturated carbocycles. The highest BCUT2D eigenvalue weighted by Gasteiger charge is 2.04. The molecule has 1 nitrogen and oxygen atoms in total. The number of rotatable bonds is 4. The summed E-state index contributed by atoms with van der Waals surface area (Å²) in [5.74, 6) is 0. The average molecular weight is 191 g/mol. The molecule has 0 bridgehead atoms. The summed E-state index contributed by atoms with van der Waals surface area (Å²) in [5.41, 5.74) is 10.1. The van der Waals surface area contributed by atoms with Gasteiger partial charge in [0.15, 0.2) is 0 Å². The Morgan fingerprint density at radius 2 is 2.00 bits per heavy atom. The van der Waals surface area contributed by atoms with E-state index in [2.05, 4.69) is 39.0 Å². The lowest BCUT2D eigenvalue weighted by atomic mass is 9.98. The molecule has 78 valence electrons. The normalized spacial score (nSPS) is 12.9. The second kappa shape index (κ2) is 5.16. The zero-order valence-electron chi connectivity index (χ0n) is 9.51. The second-order valence-electron chi connectivity index (χ2n) is 4.18. The van der Waals surface area contributed by atoms with Gasteiger partial charge in [0.25, 0.3) is 0 Å². The molecule has 0 aliphatic heterocycles. The maximum Gasteiger partial charge on any atom is 0.00793 e. The summed E-state index contributed by atoms with van der Waals surface area (Å²) in [6, 6.07) is 6.93. The Labute approximate surface area is 87.3 Å². The van der Waals surface area contributed by atoms with Crippen molar-refractivity contribution in [2.45, 2.75) is 46.1 Å². The van der Waals surface area contributed by atoms with Gasteiger partial charge in [0, 0.05) is 6.04 Å². The lowest BCUT2D eigenvalue weighted by molar-refractivity contribution is 0.599. The van der Waals surface area contributed by atoms with E-state index in [9.17, 15) is 0 Å². The summed E-state index contributed by atoms with van der Waals surface area (Å²) in [4.78, 5) is 0. The van der Waals surface area contributed by atoms with Crippen molar-refractivity contribution in [2.75, 3.05) is 0 Å². The first kappa shape index (κ1) is 11.3. The maximum atomic E-state index is 6.02. The Morgan fingerprint density at radius 3 is 2.57 bits per heavy atom. The van der Waals surface area contributed by atoms with E-state index in [0.29, 0.717) is 6.04 Å². The van der Waals surface area contributed by atoms with Gasteiger partial charge in [-0.3, -0.25) is 0 Å². The molecule has 1 rings (SSSR count). The minimum atomic E-state index is 0.321. The molecule has 1 heteroatoms. The number of hydrogen-bond donors (Lipinski definition) is 1. The smallest absolute Gasteiger partial charge is 0.00793 e. The van der Waals surface area contributed by atoms with Crippen molar-refractivity contribution in [3.63, 3.8) is 0 Å². The zero-order chi connectivity index (χ0) is 10.6. The van der Waals surface area contributed by atoms with E-state index in [1.165, 1.54) is 23.1 Å². The monoisotopic (exact) mass is 191 g/mol. The van der Waals surface area contributed by atoms with Gasteiger partial charge in [-0.05, 0) is 37.8 Å². The molecule has 1 atom stereocenters. The van der Waals surface area contributed by atoms with Crippen molar-refractivity contribution < 1.29 is 0 Å². The Kier molecular flexibility index (Phi) is 4.15. The number of hydrogen-bond acceptors (Lipinski definition) is 1. The van der Waals surface area contributed by atoms with E-state index in [0.717, 1.165) is 12.8 Å². The summed E-state index contributed by atoms with van der Waals surface area (Å²) in [7, 11) is 0. The molecular weight excluding hydrogens is 170 g/mol. The predicted octanol–water partition coefficient (Wildman–Crippen LogP) is 2.97. The highest BCUT2D eigenvalue weighted by atomic mass is 14.6. The van der Waals surface area contributed by atoms with Crippen LogP contribution in [0.4, 0.5) is 0 Å². The fourth-order valence-electron chi connectivity index (χ4n) is 1.83. The number of nitrogens with two attached hydrogens (primary N) is 1. The Morgan fingerprint density at radius 1 is 1.29 bits per heavy atom. The third-order valence-corrected chi connectivity index (χ3v) is 2.64. The Balaban J connectivity index is 2.67. The van der Waals surface area contributed by atoms with Crippen molar-refractivity contribution in [3.8, 4) is 0 Å². The fraction of sp³-hybridized carbons (Fsp3) is 0.538. The summed E-state index contributed by atoms with van der Waals surface area (Å²) >= 11 is 0. The third-order valence-electron chi connectivity index (χ3n) is 2.64. The average Bonchev–Trinajstić information content (AvgIpc) is 2.10. The van der Waals surface area contributed by atoms with E-state index in [-0.39, 0.29) is 0 Å². The molecule has 0 aromatic heterocycles. The van der Waals surface area contributed by atoms with Gasteiger partial charge in [-0.15, -0.1) is 0 Å². The SMILES string of the molecule is CCCC(N)Cc1ccc(C)cc1C. The third kappa shape index (κ3) is 3.15. The molecule has 0 fully saturated rings. The second-order valence-corrected chi connectivity index (χ2v) is 4.18. The van der Waals surface area contributed by atoms with Gasteiger partial charge in [0.2, 0.25) is 0 Å². The highest BCUT2D eigenvalue weighted by Crippen LogP contribution is 2.13. The molecule has 1 aromatic rings. The van der Waals surface area contributed by atoms with Crippen LogP contribution in [0.5, 0.6) is 0 Å². The maximum absolute atomic E-state index is 6.02. The molecular formula is C13H21N. The van der Waals surface area contributed by atoms with E-state index >= 15 is 0 Å². The minimum absolute atomic E-state index is 0.321. The van der Waals surface area contributed by atoms with Crippen LogP contribution in [-0.2, 0) is 6.42 Å². The quantitative estimate of drug-likeness (QED) is 0.778. The molecule has 1 unspecified atom stereocenters. The van der Waals surface area contributed by atoms with Crippen molar-refractivity contribution >= 4 is 0 Å². The summed E-state index contributed by atoms with van der Waals surface area (Å²) < 4.78 is 0. The molecule has 0 heterocycles. The molecule has 0 aliphatic rings. The topological polar surface area (TPSA) is 26.0 Å². The van der Waals surface area contributed by atoms with E-state index in [1.807, 2.05) is 0 Å². The van der Waals surface area contributed by atoms with Gasteiger partial charge < -0.3 is 5.73 Å². The molecule has 0 saturated heterocycles. The van der Waals surface area contributed by atoms with Crippen LogP contribution < -0.4 is 5.73 Å². The largest absolute Gasteiger partial charge is 0.327 e. The van der Waals surface area contributed by atoms with Crippen LogP contribution in [0.3, 0.4) is 0 Å². The van der Waals surface area contributed by atoms with Gasteiger partial charge in [0.05, 0.1) is 0 Å². The fourth-order valence-corrected chi connectivity index (χ4v) is 1.83. The first-order valence-corrected chi connectivity index (χ1v) is 5.45. The molecule has 0 radical (unpaired) electrons. The van der Waals surface area contributed by atoms with Gasteiger partial charge in [-0.25, -0.2) is 0 Å². The van der Waals surface area contributed by atoms with Crippen molar-refractivity contribution in [2.24, 2.45) is 5.73 Å². The van der Waals surface area contributed by atoms with Crippen LogP contribution in [0.2, 0.25) is 0 Å². The molecule has 1 aromatic carbocycles. The van der Waals surface area contributed by atoms with Crippen LogP contribution >= 0.6 is 0 Å². The van der Waals surface area contributed by atoms with Crippen LogP contribution in [-0.4, -0.2) is 6.04 Å². The molecule has 0 amide bonds. The van der Waals surface area contributed by atoms with Crippen molar-refractivity contribution in [1.29, 1.82) is 0 Å². The first-order chi connectivity index (χ1) is 6.63. The van der Waals surface area contributed by atoms with Crippen molar-refractivity contribution in [3.05, 3.63) is 34.9 Å². The number of aryl methyl sites for hydroxylation is 2. The number of benzene rings is 1. The molecule has 0 spiro atoms. The van der Waals surface area contributed by atoms with Crippen LogP contribution in [0.25, 0.3) is 0 Å². The summed E-state index contributed by atoms with van der Waals surface area (Å²) in [6.45, 7) is 6.48. The molecule has 14 heavy (non-hydrogen) atoms. The van der Waals surface area contributed by atoms with Crippen LogP contribution in [0.15, 0.2) is 18.2 Å². The van der Waals surface area contributed by atoms with Crippen molar-refractivity contribution in [1.82, 2.24) is 0 Å². The highest BCUT2D eigenvalue weighted by molar-refractivity contribution is 5.30. The van der Waals surface area contributed by atoms with Gasteiger partial charge in [0.1, 0.15) is 0 Å². The lowest BCUT2D eigenvalue weighted by Gasteiger charge is -2.12. The van der Waals surface area contributed by atoms with Gasteiger partial charge in [-0.1, -0.05) is 37.1 Å². The predicted molar refractivity (Wildman–Crippen MR) is 62.5 cm³/mol. The molecule has 0 aliphatic carbocycles. The van der Waals surface area contributed by atoms with Crippen LogP contribution in [0, 0.1) is 13.8 Å². The van der Waals surface area contributed by atoms with E-state index in [1.54, 1.807) is 0 Å². The van der Waals surface area contributed by atoms with E-state index < -0.39 is 0 Å². The first-order valence-electron chi connectivity index (χ1n) is 5.45.